The van der Waals surface area contributed by atoms with E-state index >= 15 is 0 Å². The van der Waals surface area contributed by atoms with Gasteiger partial charge in [-0.3, -0.25) is 4.79 Å². The summed E-state index contributed by atoms with van der Waals surface area (Å²) in [6.07, 6.45) is -1.00. The molecule has 7 nitrogen and oxygen atoms in total. The standard InChI is InChI=1S/C21H25NO6/c1-11(2)27-16-9-7-15(8-10-16)20(24)28-14(5)19(23)18-12(3)17(13(4)22-18)21(25)26-6/h7-11,14,22H,1-6H3/t14-/m1/s1. The van der Waals surface area contributed by atoms with Gasteiger partial charge in [0.1, 0.15) is 5.75 Å². The van der Waals surface area contributed by atoms with Gasteiger partial charge in [0.15, 0.2) is 6.10 Å². The number of H-pyrrole nitrogens is 1. The molecule has 1 aromatic carbocycles. The van der Waals surface area contributed by atoms with Crippen LogP contribution in [0.1, 0.15) is 63.2 Å². The number of Topliss-reactive ketones (excluding diaryl/α,β-unsaturated/α-hetero) is 1. The Morgan fingerprint density at radius 3 is 2.11 bits per heavy atom. The molecule has 0 amide bonds. The van der Waals surface area contributed by atoms with E-state index in [-0.39, 0.29) is 11.8 Å². The van der Waals surface area contributed by atoms with Crippen molar-refractivity contribution in [3.8, 4) is 5.75 Å². The van der Waals surface area contributed by atoms with Crippen molar-refractivity contribution < 1.29 is 28.6 Å². The SMILES string of the molecule is COC(=O)c1c(C)[nH]c(C(=O)[C@@H](C)OC(=O)c2ccc(OC(C)C)cc2)c1C. The van der Waals surface area contributed by atoms with Crippen molar-refractivity contribution in [1.29, 1.82) is 0 Å². The molecule has 1 atom stereocenters. The number of esters is 2. The number of methoxy groups -OCH3 is 1. The number of aromatic amines is 1. The van der Waals surface area contributed by atoms with Crippen LogP contribution in [-0.2, 0) is 9.47 Å². The van der Waals surface area contributed by atoms with Gasteiger partial charge in [-0.05, 0) is 64.4 Å². The largest absolute Gasteiger partial charge is 0.491 e. The molecule has 0 bridgehead atoms. The van der Waals surface area contributed by atoms with Gasteiger partial charge >= 0.3 is 11.9 Å². The minimum absolute atomic E-state index is 0.0258. The van der Waals surface area contributed by atoms with E-state index in [9.17, 15) is 14.4 Å². The highest BCUT2D eigenvalue weighted by Crippen LogP contribution is 2.21. The lowest BCUT2D eigenvalue weighted by Crippen LogP contribution is -2.25. The van der Waals surface area contributed by atoms with E-state index in [1.807, 2.05) is 13.8 Å². The summed E-state index contributed by atoms with van der Waals surface area (Å²) >= 11 is 0. The number of ketones is 1. The second kappa shape index (κ2) is 8.73. The molecule has 2 rings (SSSR count). The van der Waals surface area contributed by atoms with Crippen LogP contribution in [0.3, 0.4) is 0 Å². The van der Waals surface area contributed by atoms with E-state index in [2.05, 4.69) is 4.98 Å². The van der Waals surface area contributed by atoms with E-state index in [4.69, 9.17) is 14.2 Å². The monoisotopic (exact) mass is 387 g/mol. The summed E-state index contributed by atoms with van der Waals surface area (Å²) in [4.78, 5) is 39.8. The third-order valence-electron chi connectivity index (χ3n) is 4.19. The molecule has 1 aromatic heterocycles. The van der Waals surface area contributed by atoms with Gasteiger partial charge in [-0.25, -0.2) is 9.59 Å². The molecule has 7 heteroatoms. The zero-order chi connectivity index (χ0) is 21.0. The Balaban J connectivity index is 2.12. The van der Waals surface area contributed by atoms with Gasteiger partial charge in [-0.1, -0.05) is 0 Å². The van der Waals surface area contributed by atoms with E-state index in [1.165, 1.54) is 14.0 Å². The van der Waals surface area contributed by atoms with Crippen LogP contribution >= 0.6 is 0 Å². The number of hydrogen-bond donors (Lipinski definition) is 1. The number of carbonyl (C=O) groups excluding carboxylic acids is 3. The first-order valence-corrected chi connectivity index (χ1v) is 8.95. The summed E-state index contributed by atoms with van der Waals surface area (Å²) in [6, 6.07) is 6.50. The molecule has 0 fully saturated rings. The highest BCUT2D eigenvalue weighted by atomic mass is 16.5. The summed E-state index contributed by atoms with van der Waals surface area (Å²) < 4.78 is 15.6. The molecule has 0 saturated heterocycles. The zero-order valence-corrected chi connectivity index (χ0v) is 16.9. The molecule has 0 aliphatic rings. The summed E-state index contributed by atoms with van der Waals surface area (Å²) in [5, 5.41) is 0. The van der Waals surface area contributed by atoms with Crippen LogP contribution in [0.4, 0.5) is 0 Å². The van der Waals surface area contributed by atoms with Gasteiger partial charge < -0.3 is 19.2 Å². The van der Waals surface area contributed by atoms with Crippen molar-refractivity contribution in [2.45, 2.75) is 46.8 Å². The quantitative estimate of drug-likeness (QED) is 0.576. The van der Waals surface area contributed by atoms with Crippen molar-refractivity contribution >= 4 is 17.7 Å². The number of benzene rings is 1. The number of carbonyl (C=O) groups is 3. The Hall–Kier alpha value is -3.09. The predicted molar refractivity (Wildman–Crippen MR) is 103 cm³/mol. The molecule has 0 unspecified atom stereocenters. The number of hydrogen-bond acceptors (Lipinski definition) is 6. The van der Waals surface area contributed by atoms with Crippen LogP contribution in [-0.4, -0.2) is 42.0 Å². The fourth-order valence-electron chi connectivity index (χ4n) is 2.83. The Labute approximate surface area is 164 Å². The van der Waals surface area contributed by atoms with E-state index in [0.29, 0.717) is 28.1 Å². The number of nitrogens with one attached hydrogen (secondary N) is 1. The maximum atomic E-state index is 12.7. The summed E-state index contributed by atoms with van der Waals surface area (Å²) in [5.41, 5.74) is 1.83. The topological polar surface area (TPSA) is 94.7 Å². The van der Waals surface area contributed by atoms with E-state index in [0.717, 1.165) is 0 Å². The smallest absolute Gasteiger partial charge is 0.339 e. The molecular formula is C21H25NO6. The fourth-order valence-corrected chi connectivity index (χ4v) is 2.83. The Morgan fingerprint density at radius 1 is 0.964 bits per heavy atom. The van der Waals surface area contributed by atoms with Gasteiger partial charge in [0.05, 0.1) is 30.0 Å². The maximum Gasteiger partial charge on any atom is 0.339 e. The molecule has 1 N–H and O–H groups in total. The average molecular weight is 387 g/mol. The van der Waals surface area contributed by atoms with Crippen LogP contribution in [0.25, 0.3) is 0 Å². The first kappa shape index (κ1) is 21.2. The summed E-state index contributed by atoms with van der Waals surface area (Å²) in [5.74, 6) is -0.933. The van der Waals surface area contributed by atoms with Gasteiger partial charge in [0.2, 0.25) is 5.78 Å². The van der Waals surface area contributed by atoms with Crippen molar-refractivity contribution in [2.75, 3.05) is 7.11 Å². The number of aryl methyl sites for hydroxylation is 1. The van der Waals surface area contributed by atoms with Crippen LogP contribution in [0.2, 0.25) is 0 Å². The predicted octanol–water partition coefficient (Wildman–Crippen LogP) is 3.63. The van der Waals surface area contributed by atoms with Crippen LogP contribution in [0.15, 0.2) is 24.3 Å². The first-order valence-electron chi connectivity index (χ1n) is 8.95. The summed E-state index contributed by atoms with van der Waals surface area (Å²) in [6.45, 7) is 8.62. The van der Waals surface area contributed by atoms with Crippen molar-refractivity contribution in [3.63, 3.8) is 0 Å². The first-order chi connectivity index (χ1) is 13.1. The van der Waals surface area contributed by atoms with Gasteiger partial charge in [0, 0.05) is 5.69 Å². The lowest BCUT2D eigenvalue weighted by Gasteiger charge is -2.13. The minimum Gasteiger partial charge on any atom is -0.491 e. The van der Waals surface area contributed by atoms with Crippen molar-refractivity contribution in [1.82, 2.24) is 4.98 Å². The molecule has 0 spiro atoms. The van der Waals surface area contributed by atoms with Crippen molar-refractivity contribution in [2.24, 2.45) is 0 Å². The molecule has 0 aliphatic heterocycles. The molecular weight excluding hydrogens is 362 g/mol. The number of rotatable bonds is 7. The van der Waals surface area contributed by atoms with Crippen molar-refractivity contribution in [3.05, 3.63) is 52.3 Å². The Bertz CT molecular complexity index is 879. The molecule has 0 aliphatic carbocycles. The normalized spacial score (nSPS) is 11.8. The van der Waals surface area contributed by atoms with Gasteiger partial charge in [-0.15, -0.1) is 0 Å². The van der Waals surface area contributed by atoms with Gasteiger partial charge in [-0.2, -0.15) is 0 Å². The average Bonchev–Trinajstić information content (AvgIpc) is 2.94. The van der Waals surface area contributed by atoms with Crippen LogP contribution in [0.5, 0.6) is 5.75 Å². The van der Waals surface area contributed by atoms with Crippen LogP contribution < -0.4 is 4.74 Å². The minimum atomic E-state index is -1.03. The zero-order valence-electron chi connectivity index (χ0n) is 16.9. The molecule has 150 valence electrons. The Morgan fingerprint density at radius 2 is 1.57 bits per heavy atom. The third kappa shape index (κ3) is 4.60. The van der Waals surface area contributed by atoms with Crippen LogP contribution in [0, 0.1) is 13.8 Å². The lowest BCUT2D eigenvalue weighted by molar-refractivity contribution is 0.0316. The fraction of sp³-hybridized carbons (Fsp3) is 0.381. The second-order valence-corrected chi connectivity index (χ2v) is 6.72. The summed E-state index contributed by atoms with van der Waals surface area (Å²) in [7, 11) is 1.28. The molecule has 2 aromatic rings. The molecule has 1 heterocycles. The maximum absolute atomic E-state index is 12.7. The second-order valence-electron chi connectivity index (χ2n) is 6.72. The van der Waals surface area contributed by atoms with Gasteiger partial charge in [0.25, 0.3) is 0 Å². The Kier molecular flexibility index (Phi) is 6.62. The van der Waals surface area contributed by atoms with E-state index in [1.54, 1.807) is 38.1 Å². The third-order valence-corrected chi connectivity index (χ3v) is 4.19. The highest BCUT2D eigenvalue weighted by Gasteiger charge is 2.27. The van der Waals surface area contributed by atoms with E-state index < -0.39 is 23.8 Å². The number of aromatic nitrogens is 1. The molecule has 0 radical (unpaired) electrons. The highest BCUT2D eigenvalue weighted by molar-refractivity contribution is 6.04. The lowest BCUT2D eigenvalue weighted by atomic mass is 10.1. The molecule has 0 saturated carbocycles. The molecule has 28 heavy (non-hydrogen) atoms. The number of ether oxygens (including phenoxy) is 3.